The summed E-state index contributed by atoms with van der Waals surface area (Å²) in [5.41, 5.74) is 5.34. The maximum absolute atomic E-state index is 13.0. The first-order valence-electron chi connectivity index (χ1n) is 9.45. The number of ether oxygens (including phenoxy) is 1. The van der Waals surface area contributed by atoms with Gasteiger partial charge in [-0.05, 0) is 42.0 Å². The van der Waals surface area contributed by atoms with E-state index in [0.29, 0.717) is 11.3 Å². The van der Waals surface area contributed by atoms with Gasteiger partial charge in [0.25, 0.3) is 0 Å². The average Bonchev–Trinajstić information content (AvgIpc) is 3.17. The summed E-state index contributed by atoms with van der Waals surface area (Å²) in [5.74, 6) is -0.400. The van der Waals surface area contributed by atoms with Crippen LogP contribution in [-0.2, 0) is 18.4 Å². The van der Waals surface area contributed by atoms with Gasteiger partial charge in [0.1, 0.15) is 12.1 Å². The third-order valence-corrected chi connectivity index (χ3v) is 4.96. The van der Waals surface area contributed by atoms with Gasteiger partial charge in [0.2, 0.25) is 0 Å². The van der Waals surface area contributed by atoms with Crippen LogP contribution in [0.25, 0.3) is 33.2 Å². The molecule has 2 aromatic carbocycles. The van der Waals surface area contributed by atoms with Crippen LogP contribution in [0.2, 0.25) is 0 Å². The largest absolute Gasteiger partial charge is 0.457 e. The number of rotatable bonds is 4. The smallest absolute Gasteiger partial charge is 0.339 e. The molecule has 7 heteroatoms. The summed E-state index contributed by atoms with van der Waals surface area (Å²) in [6.45, 7) is 0.145. The topological polar surface area (TPSA) is 82.8 Å². The van der Waals surface area contributed by atoms with Crippen LogP contribution < -0.4 is 0 Å². The van der Waals surface area contributed by atoms with Crippen LogP contribution in [0, 0.1) is 0 Å². The number of pyridine rings is 2. The number of carbonyl (C=O) groups excluding carboxylic acids is 1. The van der Waals surface area contributed by atoms with Crippen LogP contribution in [0.3, 0.4) is 0 Å². The molecule has 0 unspecified atom stereocenters. The Balaban J connectivity index is 1.47. The highest BCUT2D eigenvalue weighted by Crippen LogP contribution is 2.25. The van der Waals surface area contributed by atoms with E-state index in [-0.39, 0.29) is 6.61 Å². The summed E-state index contributed by atoms with van der Waals surface area (Å²) in [6, 6.07) is 18.7. The Morgan fingerprint density at radius 3 is 2.70 bits per heavy atom. The Morgan fingerprint density at radius 1 is 1.00 bits per heavy atom. The fourth-order valence-corrected chi connectivity index (χ4v) is 3.42. The van der Waals surface area contributed by atoms with Crippen LogP contribution >= 0.6 is 0 Å². The van der Waals surface area contributed by atoms with E-state index in [1.165, 1.54) is 0 Å². The number of aryl methyl sites for hydroxylation is 1. The van der Waals surface area contributed by atoms with Crippen molar-refractivity contribution < 1.29 is 9.53 Å². The zero-order valence-corrected chi connectivity index (χ0v) is 16.2. The molecule has 5 rings (SSSR count). The Morgan fingerprint density at radius 2 is 1.83 bits per heavy atom. The molecule has 0 aliphatic rings. The molecule has 0 bridgehead atoms. The molecule has 146 valence electrons. The van der Waals surface area contributed by atoms with Gasteiger partial charge >= 0.3 is 5.97 Å². The summed E-state index contributed by atoms with van der Waals surface area (Å²) in [7, 11) is 1.84. The van der Waals surface area contributed by atoms with Crippen molar-refractivity contribution in [2.24, 2.45) is 7.05 Å². The number of nitrogens with zero attached hydrogens (tertiary/aromatic N) is 5. The second-order valence-corrected chi connectivity index (χ2v) is 6.92. The number of benzene rings is 2. The molecule has 0 amide bonds. The van der Waals surface area contributed by atoms with Crippen LogP contribution in [0.1, 0.15) is 15.9 Å². The number of aromatic nitrogens is 5. The molecule has 30 heavy (non-hydrogen) atoms. The monoisotopic (exact) mass is 395 g/mol. The lowest BCUT2D eigenvalue weighted by Gasteiger charge is -2.10. The van der Waals surface area contributed by atoms with E-state index < -0.39 is 5.97 Å². The van der Waals surface area contributed by atoms with Gasteiger partial charge in [-0.15, -0.1) is 5.10 Å². The minimum Gasteiger partial charge on any atom is -0.457 e. The van der Waals surface area contributed by atoms with Crippen LogP contribution in [-0.4, -0.2) is 30.9 Å². The molecule has 0 aliphatic heterocycles. The van der Waals surface area contributed by atoms with Crippen molar-refractivity contribution >= 4 is 27.9 Å². The zero-order chi connectivity index (χ0) is 20.5. The molecule has 0 N–H and O–H groups in total. The van der Waals surface area contributed by atoms with E-state index in [2.05, 4.69) is 15.3 Å². The molecule has 0 atom stereocenters. The number of hydrogen-bond donors (Lipinski definition) is 0. The minimum atomic E-state index is -0.400. The molecule has 0 saturated heterocycles. The molecule has 0 spiro atoms. The highest BCUT2D eigenvalue weighted by Gasteiger charge is 2.15. The van der Waals surface area contributed by atoms with Crippen molar-refractivity contribution in [1.82, 2.24) is 25.0 Å². The van der Waals surface area contributed by atoms with Gasteiger partial charge in [-0.1, -0.05) is 29.5 Å². The number of esters is 1. The predicted molar refractivity (Wildman–Crippen MR) is 113 cm³/mol. The van der Waals surface area contributed by atoms with E-state index in [9.17, 15) is 4.79 Å². The molecule has 3 aromatic heterocycles. The van der Waals surface area contributed by atoms with Crippen LogP contribution in [0.4, 0.5) is 0 Å². The summed E-state index contributed by atoms with van der Waals surface area (Å²) in [4.78, 5) is 21.7. The van der Waals surface area contributed by atoms with Crippen LogP contribution in [0.15, 0.2) is 73.1 Å². The summed E-state index contributed by atoms with van der Waals surface area (Å²) < 4.78 is 7.34. The lowest BCUT2D eigenvalue weighted by molar-refractivity contribution is 0.0475. The first kappa shape index (κ1) is 17.9. The molecular formula is C23H17N5O2. The summed E-state index contributed by atoms with van der Waals surface area (Å²) in [6.07, 6.45) is 3.40. The molecule has 0 aliphatic carbocycles. The maximum Gasteiger partial charge on any atom is 0.339 e. The molecular weight excluding hydrogens is 378 g/mol. The third kappa shape index (κ3) is 3.26. The Bertz CT molecular complexity index is 1380. The first-order chi connectivity index (χ1) is 14.7. The standard InChI is InChI=1S/C23H17N5O2/c1-28-22-7-6-15(12-21(22)26-27-28)14-30-23(29)18-13-20(16-8-10-24-11-9-16)25-19-5-3-2-4-17(18)19/h2-13H,14H2,1H3. The van der Waals surface area contributed by atoms with Crippen molar-refractivity contribution in [2.45, 2.75) is 6.61 Å². The zero-order valence-electron chi connectivity index (χ0n) is 16.2. The number of fused-ring (bicyclic) bond motifs is 2. The highest BCUT2D eigenvalue weighted by molar-refractivity contribution is 6.04. The minimum absolute atomic E-state index is 0.145. The van der Waals surface area contributed by atoms with Crippen molar-refractivity contribution in [1.29, 1.82) is 0 Å². The fraction of sp³-hybridized carbons (Fsp3) is 0.0870. The molecule has 0 saturated carbocycles. The van der Waals surface area contributed by atoms with Gasteiger partial charge in [-0.3, -0.25) is 4.98 Å². The predicted octanol–water partition coefficient (Wildman–Crippen LogP) is 3.94. The Hall–Kier alpha value is -4.13. The molecule has 5 aromatic rings. The van der Waals surface area contributed by atoms with Gasteiger partial charge in [0.05, 0.1) is 22.3 Å². The van der Waals surface area contributed by atoms with Gasteiger partial charge in [0, 0.05) is 30.4 Å². The quantitative estimate of drug-likeness (QED) is 0.429. The fourth-order valence-electron chi connectivity index (χ4n) is 3.42. The van der Waals surface area contributed by atoms with E-state index >= 15 is 0 Å². The molecule has 3 heterocycles. The molecule has 7 nitrogen and oxygen atoms in total. The van der Waals surface area contributed by atoms with Crippen LogP contribution in [0.5, 0.6) is 0 Å². The number of hydrogen-bond acceptors (Lipinski definition) is 6. The van der Waals surface area contributed by atoms with Gasteiger partial charge in [-0.25, -0.2) is 14.5 Å². The molecule has 0 radical (unpaired) electrons. The highest BCUT2D eigenvalue weighted by atomic mass is 16.5. The number of carbonyl (C=O) groups is 1. The Labute approximate surface area is 172 Å². The number of para-hydroxylation sites is 1. The Kier molecular flexibility index (Phi) is 4.40. The lowest BCUT2D eigenvalue weighted by atomic mass is 10.0. The van der Waals surface area contributed by atoms with E-state index in [0.717, 1.165) is 33.1 Å². The van der Waals surface area contributed by atoms with E-state index in [4.69, 9.17) is 9.72 Å². The SMILES string of the molecule is Cn1nnc2cc(COC(=O)c3cc(-c4ccncc4)nc4ccccc34)ccc21. The van der Waals surface area contributed by atoms with Crippen molar-refractivity contribution in [3.8, 4) is 11.3 Å². The lowest BCUT2D eigenvalue weighted by Crippen LogP contribution is -2.07. The van der Waals surface area contributed by atoms with Gasteiger partial charge < -0.3 is 4.74 Å². The second-order valence-electron chi connectivity index (χ2n) is 6.92. The normalized spacial score (nSPS) is 11.1. The third-order valence-electron chi connectivity index (χ3n) is 4.96. The first-order valence-corrected chi connectivity index (χ1v) is 9.45. The van der Waals surface area contributed by atoms with E-state index in [1.54, 1.807) is 23.1 Å². The summed E-state index contributed by atoms with van der Waals surface area (Å²) >= 11 is 0. The second kappa shape index (κ2) is 7.36. The molecule has 0 fully saturated rings. The van der Waals surface area contributed by atoms with Crippen molar-refractivity contribution in [2.75, 3.05) is 0 Å². The van der Waals surface area contributed by atoms with E-state index in [1.807, 2.05) is 61.6 Å². The average molecular weight is 395 g/mol. The summed E-state index contributed by atoms with van der Waals surface area (Å²) in [5, 5.41) is 8.86. The van der Waals surface area contributed by atoms with Gasteiger partial charge in [0.15, 0.2) is 0 Å². The van der Waals surface area contributed by atoms with Crippen molar-refractivity contribution in [3.63, 3.8) is 0 Å². The van der Waals surface area contributed by atoms with Gasteiger partial charge in [-0.2, -0.15) is 0 Å². The van der Waals surface area contributed by atoms with Crippen molar-refractivity contribution in [3.05, 3.63) is 84.2 Å². The maximum atomic E-state index is 13.0.